The third kappa shape index (κ3) is 6.29. The van der Waals surface area contributed by atoms with Crippen molar-refractivity contribution in [3.8, 4) is 0 Å². The molecule has 0 bridgehead atoms. The van der Waals surface area contributed by atoms with Crippen LogP contribution in [0.5, 0.6) is 0 Å². The molecule has 7 heteroatoms. The van der Waals surface area contributed by atoms with E-state index in [1.54, 1.807) is 0 Å². The van der Waals surface area contributed by atoms with Crippen molar-refractivity contribution in [3.63, 3.8) is 0 Å². The Bertz CT molecular complexity index is 465. The van der Waals surface area contributed by atoms with E-state index < -0.39 is 5.97 Å². The molecule has 0 heterocycles. The summed E-state index contributed by atoms with van der Waals surface area (Å²) in [7, 11) is 0. The molecule has 0 fully saturated rings. The lowest BCUT2D eigenvalue weighted by molar-refractivity contribution is -0.141. The number of carbonyl (C=O) groups is 2. The molecule has 0 aliphatic heterocycles. The van der Waals surface area contributed by atoms with Gasteiger partial charge in [-0.15, -0.1) is 11.6 Å². The van der Waals surface area contributed by atoms with Crippen LogP contribution in [-0.4, -0.2) is 34.4 Å². The highest BCUT2D eigenvalue weighted by atomic mass is 35.5. The van der Waals surface area contributed by atoms with Crippen LogP contribution in [0.4, 0.5) is 0 Å². The number of benzene rings is 1. The van der Waals surface area contributed by atoms with E-state index in [1.807, 2.05) is 30.3 Å². The number of carbonyl (C=O) groups excluding carboxylic acids is 1. The Morgan fingerprint density at radius 1 is 1.20 bits per heavy atom. The van der Waals surface area contributed by atoms with Crippen LogP contribution in [0.15, 0.2) is 40.7 Å². The van der Waals surface area contributed by atoms with E-state index in [4.69, 9.17) is 16.7 Å². The quantitative estimate of drug-likeness (QED) is 0.454. The first-order valence-corrected chi connectivity index (χ1v) is 6.66. The first-order valence-electron chi connectivity index (χ1n) is 6.13. The van der Waals surface area contributed by atoms with Gasteiger partial charge in [0.2, 0.25) is 5.91 Å². The fourth-order valence-electron chi connectivity index (χ4n) is 1.43. The summed E-state index contributed by atoms with van der Waals surface area (Å²) in [6, 6.07) is 9.29. The highest BCUT2D eigenvalue weighted by Crippen LogP contribution is 2.08. The minimum absolute atomic E-state index is 0.109. The lowest BCUT2D eigenvalue weighted by Crippen LogP contribution is -2.25. The monoisotopic (exact) mass is 297 g/mol. The minimum atomic E-state index is -1.02. The molecule has 1 rings (SSSR count). The second-order valence-electron chi connectivity index (χ2n) is 3.97. The minimum Gasteiger partial charge on any atom is -0.481 e. The summed E-state index contributed by atoms with van der Waals surface area (Å²) in [6.45, 7) is 0.560. The Labute approximate surface area is 122 Å². The zero-order valence-electron chi connectivity index (χ0n) is 10.9. The number of rotatable bonds is 8. The Hall–Kier alpha value is -1.95. The van der Waals surface area contributed by atoms with Gasteiger partial charge in [-0.05, 0) is 5.56 Å². The molecule has 108 valence electrons. The van der Waals surface area contributed by atoms with Crippen molar-refractivity contribution in [3.05, 3.63) is 35.9 Å². The SMILES string of the molecule is O=C(O)CCC(=O)N(Cc1ccccc1)N=NCCCl. The number of hydrogen-bond donors (Lipinski definition) is 1. The van der Waals surface area contributed by atoms with Crippen molar-refractivity contribution in [2.45, 2.75) is 19.4 Å². The molecule has 0 aliphatic rings. The molecule has 20 heavy (non-hydrogen) atoms. The summed E-state index contributed by atoms with van der Waals surface area (Å²) in [6.07, 6.45) is -0.336. The third-order valence-corrected chi connectivity index (χ3v) is 2.54. The summed E-state index contributed by atoms with van der Waals surface area (Å²) in [5.41, 5.74) is 0.890. The number of halogens is 1. The molecular weight excluding hydrogens is 282 g/mol. The van der Waals surface area contributed by atoms with Gasteiger partial charge in [0, 0.05) is 12.3 Å². The van der Waals surface area contributed by atoms with Gasteiger partial charge in [0.15, 0.2) is 0 Å². The number of carboxylic acid groups (broad SMARTS) is 1. The molecule has 0 unspecified atom stereocenters. The second-order valence-corrected chi connectivity index (χ2v) is 4.35. The first-order chi connectivity index (χ1) is 9.63. The summed E-state index contributed by atoms with van der Waals surface area (Å²) >= 11 is 5.49. The highest BCUT2D eigenvalue weighted by Gasteiger charge is 2.15. The standard InChI is InChI=1S/C13H16ClN3O3/c14-8-9-15-16-17(12(18)6-7-13(19)20)10-11-4-2-1-3-5-11/h1-5H,6-10H2,(H,19,20). The third-order valence-electron chi connectivity index (χ3n) is 2.37. The van der Waals surface area contributed by atoms with Gasteiger partial charge >= 0.3 is 5.97 Å². The van der Waals surface area contributed by atoms with Crippen LogP contribution in [0.3, 0.4) is 0 Å². The van der Waals surface area contributed by atoms with Crippen molar-refractivity contribution in [2.75, 3.05) is 12.4 Å². The lowest BCUT2D eigenvalue weighted by atomic mass is 10.2. The van der Waals surface area contributed by atoms with E-state index in [0.29, 0.717) is 12.4 Å². The predicted octanol–water partition coefficient (Wildman–Crippen LogP) is 2.49. The van der Waals surface area contributed by atoms with Crippen LogP contribution < -0.4 is 0 Å². The maximum absolute atomic E-state index is 11.9. The van der Waals surface area contributed by atoms with E-state index in [1.165, 1.54) is 5.01 Å². The number of hydrogen-bond acceptors (Lipinski definition) is 4. The zero-order chi connectivity index (χ0) is 14.8. The molecule has 0 spiro atoms. The normalized spacial score (nSPS) is 10.7. The maximum Gasteiger partial charge on any atom is 0.303 e. The van der Waals surface area contributed by atoms with Crippen molar-refractivity contribution in [1.82, 2.24) is 5.01 Å². The Balaban J connectivity index is 2.68. The summed E-state index contributed by atoms with van der Waals surface area (Å²) < 4.78 is 0. The van der Waals surface area contributed by atoms with Gasteiger partial charge in [-0.3, -0.25) is 9.59 Å². The van der Waals surface area contributed by atoms with Gasteiger partial charge in [-0.2, -0.15) is 5.11 Å². The molecular formula is C13H16ClN3O3. The molecule has 1 amide bonds. The second kappa shape index (κ2) is 9.03. The van der Waals surface area contributed by atoms with Crippen LogP contribution in [-0.2, 0) is 16.1 Å². The van der Waals surface area contributed by atoms with Gasteiger partial charge in [-0.25, -0.2) is 5.01 Å². The molecule has 0 saturated carbocycles. The molecule has 6 nitrogen and oxygen atoms in total. The average molecular weight is 298 g/mol. The molecule has 0 saturated heterocycles. The van der Waals surface area contributed by atoms with Crippen LogP contribution in [0.2, 0.25) is 0 Å². The number of nitrogens with zero attached hydrogens (tertiary/aromatic N) is 3. The van der Waals surface area contributed by atoms with Gasteiger partial charge in [0.1, 0.15) is 0 Å². The zero-order valence-corrected chi connectivity index (χ0v) is 11.7. The number of aliphatic carboxylic acids is 1. The van der Waals surface area contributed by atoms with Crippen molar-refractivity contribution in [1.29, 1.82) is 0 Å². The van der Waals surface area contributed by atoms with Gasteiger partial charge in [-0.1, -0.05) is 35.6 Å². The van der Waals surface area contributed by atoms with Crippen molar-refractivity contribution in [2.24, 2.45) is 10.3 Å². The largest absolute Gasteiger partial charge is 0.481 e. The van der Waals surface area contributed by atoms with E-state index in [-0.39, 0.29) is 25.3 Å². The van der Waals surface area contributed by atoms with E-state index in [0.717, 1.165) is 5.56 Å². The Morgan fingerprint density at radius 3 is 2.50 bits per heavy atom. The van der Waals surface area contributed by atoms with Gasteiger partial charge in [0.05, 0.1) is 19.5 Å². The van der Waals surface area contributed by atoms with E-state index in [9.17, 15) is 9.59 Å². The van der Waals surface area contributed by atoms with Crippen LogP contribution in [0.1, 0.15) is 18.4 Å². The van der Waals surface area contributed by atoms with Crippen LogP contribution in [0.25, 0.3) is 0 Å². The molecule has 1 aromatic carbocycles. The molecule has 0 atom stereocenters. The van der Waals surface area contributed by atoms with Gasteiger partial charge < -0.3 is 5.11 Å². The van der Waals surface area contributed by atoms with Gasteiger partial charge in [0.25, 0.3) is 0 Å². The number of carboxylic acids is 1. The molecule has 0 radical (unpaired) electrons. The Morgan fingerprint density at radius 2 is 1.90 bits per heavy atom. The fraction of sp³-hybridized carbons (Fsp3) is 0.385. The smallest absolute Gasteiger partial charge is 0.303 e. The summed E-state index contributed by atoms with van der Waals surface area (Å²) in [5, 5.41) is 17.4. The first kappa shape index (κ1) is 16.1. The Kier molecular flexibility index (Phi) is 7.27. The van der Waals surface area contributed by atoms with Crippen molar-refractivity contribution < 1.29 is 14.7 Å². The average Bonchev–Trinajstić information content (AvgIpc) is 2.45. The molecule has 1 N–H and O–H groups in total. The maximum atomic E-state index is 11.9. The lowest BCUT2D eigenvalue weighted by Gasteiger charge is -2.15. The highest BCUT2D eigenvalue weighted by molar-refractivity contribution is 6.18. The van der Waals surface area contributed by atoms with Crippen LogP contribution >= 0.6 is 11.6 Å². The van der Waals surface area contributed by atoms with Crippen molar-refractivity contribution >= 4 is 23.5 Å². The van der Waals surface area contributed by atoms with Crippen LogP contribution in [0, 0.1) is 0 Å². The topological polar surface area (TPSA) is 82.3 Å². The van der Waals surface area contributed by atoms with E-state index in [2.05, 4.69) is 10.3 Å². The molecule has 1 aromatic rings. The van der Waals surface area contributed by atoms with E-state index >= 15 is 0 Å². The number of alkyl halides is 1. The fourth-order valence-corrected chi connectivity index (χ4v) is 1.50. The number of amides is 1. The summed E-state index contributed by atoms with van der Waals surface area (Å²) in [4.78, 5) is 22.4. The summed E-state index contributed by atoms with van der Waals surface area (Å²) in [5.74, 6) is -1.09. The molecule has 0 aromatic heterocycles. The predicted molar refractivity (Wildman–Crippen MR) is 74.3 cm³/mol. The molecule has 0 aliphatic carbocycles.